The Balaban J connectivity index is 1.14. The lowest BCUT2D eigenvalue weighted by Gasteiger charge is -2.34. The van der Waals surface area contributed by atoms with E-state index >= 15 is 0 Å². The minimum absolute atomic E-state index is 0.180. The van der Waals surface area contributed by atoms with Crippen LogP contribution in [0.4, 0.5) is 22.7 Å². The van der Waals surface area contributed by atoms with Gasteiger partial charge >= 0.3 is 0 Å². The van der Waals surface area contributed by atoms with Gasteiger partial charge in [0.05, 0.1) is 16.9 Å². The summed E-state index contributed by atoms with van der Waals surface area (Å²) < 4.78 is 1.71. The standard InChI is InChI=1S/C36H39N7O3/c1-23-20-32(43(40-23)36(2,3)4)35(46)38-27-9-6-24(7-10-27)33(44)25-8-15-31-29(21-25)30(34(45)39-31)22-37-26-11-13-28(14-12-26)42-18-16-41(5)17-19-42/h6-15,20-22,30H,16-19H2,1-5H3,(H,38,46)(H,39,45). The fourth-order valence-corrected chi connectivity index (χ4v) is 5.79. The largest absolute Gasteiger partial charge is 0.369 e. The van der Waals surface area contributed by atoms with Gasteiger partial charge in [-0.1, -0.05) is 0 Å². The Labute approximate surface area is 269 Å². The molecule has 1 saturated heterocycles. The summed E-state index contributed by atoms with van der Waals surface area (Å²) in [5.41, 5.74) is 5.68. The van der Waals surface area contributed by atoms with Gasteiger partial charge in [0.25, 0.3) is 5.91 Å². The molecule has 0 saturated carbocycles. The monoisotopic (exact) mass is 617 g/mol. The van der Waals surface area contributed by atoms with Crippen molar-refractivity contribution >= 4 is 46.6 Å². The van der Waals surface area contributed by atoms with E-state index in [1.54, 1.807) is 59.4 Å². The molecule has 6 rings (SSSR count). The number of hydrogen-bond donors (Lipinski definition) is 2. The first kappa shape index (κ1) is 30.9. The molecule has 2 aliphatic heterocycles. The first-order chi connectivity index (χ1) is 22.0. The van der Waals surface area contributed by atoms with Crippen molar-refractivity contribution in [1.29, 1.82) is 0 Å². The Hall–Kier alpha value is -5.09. The molecule has 0 bridgehead atoms. The molecule has 0 radical (unpaired) electrons. The molecule has 1 atom stereocenters. The molecule has 2 aliphatic rings. The van der Waals surface area contributed by atoms with E-state index in [4.69, 9.17) is 0 Å². The predicted octanol–water partition coefficient (Wildman–Crippen LogP) is 5.62. The number of ketones is 1. The molecule has 46 heavy (non-hydrogen) atoms. The van der Waals surface area contributed by atoms with Gasteiger partial charge in [-0.15, -0.1) is 0 Å². The molecule has 236 valence electrons. The number of rotatable bonds is 7. The molecular formula is C36H39N7O3. The zero-order valence-electron chi connectivity index (χ0n) is 26.9. The van der Waals surface area contributed by atoms with Crippen LogP contribution >= 0.6 is 0 Å². The number of aromatic nitrogens is 2. The van der Waals surface area contributed by atoms with Gasteiger partial charge in [-0.2, -0.15) is 5.10 Å². The van der Waals surface area contributed by atoms with Crippen molar-refractivity contribution in [2.24, 2.45) is 4.99 Å². The third kappa shape index (κ3) is 6.48. The third-order valence-electron chi connectivity index (χ3n) is 8.38. The maximum Gasteiger partial charge on any atom is 0.273 e. The van der Waals surface area contributed by atoms with Crippen molar-refractivity contribution < 1.29 is 14.4 Å². The second kappa shape index (κ2) is 12.4. The molecule has 3 aromatic carbocycles. The summed E-state index contributed by atoms with van der Waals surface area (Å²) in [4.78, 5) is 48.7. The number of aliphatic imine (C=N–C) groups is 1. The lowest BCUT2D eigenvalue weighted by molar-refractivity contribution is -0.115. The highest BCUT2D eigenvalue weighted by Crippen LogP contribution is 2.33. The molecule has 1 fully saturated rings. The van der Waals surface area contributed by atoms with Crippen LogP contribution in [0.15, 0.2) is 77.8 Å². The highest BCUT2D eigenvalue weighted by molar-refractivity contribution is 6.15. The summed E-state index contributed by atoms with van der Waals surface area (Å²) in [6.45, 7) is 11.9. The van der Waals surface area contributed by atoms with Crippen molar-refractivity contribution in [3.63, 3.8) is 0 Å². The number of anilines is 3. The zero-order valence-corrected chi connectivity index (χ0v) is 26.9. The molecule has 10 heteroatoms. The first-order valence-corrected chi connectivity index (χ1v) is 15.5. The minimum atomic E-state index is -0.609. The molecule has 4 aromatic rings. The van der Waals surface area contributed by atoms with E-state index in [9.17, 15) is 14.4 Å². The van der Waals surface area contributed by atoms with Gasteiger partial charge in [-0.3, -0.25) is 24.1 Å². The number of benzene rings is 3. The summed E-state index contributed by atoms with van der Waals surface area (Å²) in [7, 11) is 2.14. The number of carbonyl (C=O) groups is 3. The normalized spacial score (nSPS) is 16.8. The molecule has 2 N–H and O–H groups in total. The summed E-state index contributed by atoms with van der Waals surface area (Å²) in [6.07, 6.45) is 1.64. The number of likely N-dealkylation sites (N-methyl/N-ethyl adjacent to an activating group) is 1. The predicted molar refractivity (Wildman–Crippen MR) is 182 cm³/mol. The Morgan fingerprint density at radius 1 is 0.935 bits per heavy atom. The molecule has 0 aliphatic carbocycles. The van der Waals surface area contributed by atoms with Gasteiger partial charge in [-0.25, -0.2) is 0 Å². The first-order valence-electron chi connectivity index (χ1n) is 15.5. The van der Waals surface area contributed by atoms with Crippen molar-refractivity contribution in [3.8, 4) is 0 Å². The van der Waals surface area contributed by atoms with Crippen molar-refractivity contribution in [3.05, 3.63) is 101 Å². The maximum absolute atomic E-state index is 13.5. The summed E-state index contributed by atoms with van der Waals surface area (Å²) >= 11 is 0. The number of piperazine rings is 1. The smallest absolute Gasteiger partial charge is 0.273 e. The van der Waals surface area contributed by atoms with E-state index in [1.165, 1.54) is 0 Å². The Bertz CT molecular complexity index is 1810. The fourth-order valence-electron chi connectivity index (χ4n) is 5.79. The van der Waals surface area contributed by atoms with Gasteiger partial charge in [-0.05, 0) is 113 Å². The number of nitrogens with zero attached hydrogens (tertiary/aromatic N) is 5. The Morgan fingerprint density at radius 3 is 2.28 bits per heavy atom. The number of amides is 2. The van der Waals surface area contributed by atoms with Crippen LogP contribution < -0.4 is 15.5 Å². The highest BCUT2D eigenvalue weighted by atomic mass is 16.2. The molecule has 10 nitrogen and oxygen atoms in total. The quantitative estimate of drug-likeness (QED) is 0.206. The lowest BCUT2D eigenvalue weighted by Crippen LogP contribution is -2.44. The number of carbonyl (C=O) groups excluding carboxylic acids is 3. The van der Waals surface area contributed by atoms with E-state index < -0.39 is 5.92 Å². The van der Waals surface area contributed by atoms with E-state index in [0.717, 1.165) is 43.2 Å². The van der Waals surface area contributed by atoms with E-state index in [-0.39, 0.29) is 23.1 Å². The Morgan fingerprint density at radius 2 is 1.61 bits per heavy atom. The fraction of sp³-hybridized carbons (Fsp3) is 0.306. The lowest BCUT2D eigenvalue weighted by atomic mass is 9.96. The van der Waals surface area contributed by atoms with Crippen molar-refractivity contribution in [1.82, 2.24) is 14.7 Å². The molecular weight excluding hydrogens is 578 g/mol. The van der Waals surface area contributed by atoms with Crippen molar-refractivity contribution in [2.75, 3.05) is 48.8 Å². The second-order valence-corrected chi connectivity index (χ2v) is 13.0. The molecule has 1 aromatic heterocycles. The van der Waals surface area contributed by atoms with E-state index in [2.05, 4.69) is 49.7 Å². The van der Waals surface area contributed by atoms with Gasteiger partial charge in [0.15, 0.2) is 5.78 Å². The average molecular weight is 618 g/mol. The van der Waals surface area contributed by atoms with Crippen LogP contribution in [0.1, 0.15) is 64.4 Å². The van der Waals surface area contributed by atoms with Crippen molar-refractivity contribution in [2.45, 2.75) is 39.2 Å². The maximum atomic E-state index is 13.5. The van der Waals surface area contributed by atoms with E-state index in [0.29, 0.717) is 33.8 Å². The average Bonchev–Trinajstić information content (AvgIpc) is 3.59. The van der Waals surface area contributed by atoms with Crippen LogP contribution in [0, 0.1) is 6.92 Å². The van der Waals surface area contributed by atoms with Gasteiger partial charge in [0.2, 0.25) is 5.91 Å². The summed E-state index contributed by atoms with van der Waals surface area (Å²) in [5, 5.41) is 10.3. The molecule has 2 amide bonds. The third-order valence-corrected chi connectivity index (χ3v) is 8.38. The SMILES string of the molecule is Cc1cc(C(=O)Nc2ccc(C(=O)c3ccc4c(c3)C(C=Nc3ccc(N5CCN(C)CC5)cc3)C(=O)N4)cc2)n(C(C)(C)C)n1. The summed E-state index contributed by atoms with van der Waals surface area (Å²) in [6, 6.07) is 21.8. The van der Waals surface area contributed by atoms with Gasteiger partial charge in [0.1, 0.15) is 11.6 Å². The Kier molecular flexibility index (Phi) is 8.31. The zero-order chi connectivity index (χ0) is 32.6. The number of hydrogen-bond acceptors (Lipinski definition) is 7. The van der Waals surface area contributed by atoms with Crippen LogP contribution in [-0.4, -0.2) is 71.7 Å². The number of aryl methyl sites for hydroxylation is 1. The molecule has 3 heterocycles. The van der Waals surface area contributed by atoms with Gasteiger partial charge in [0, 0.05) is 60.6 Å². The van der Waals surface area contributed by atoms with Crippen LogP contribution in [0.25, 0.3) is 0 Å². The van der Waals surface area contributed by atoms with Crippen LogP contribution in [0.5, 0.6) is 0 Å². The summed E-state index contributed by atoms with van der Waals surface area (Å²) in [5.74, 6) is -1.25. The topological polar surface area (TPSA) is 112 Å². The second-order valence-electron chi connectivity index (χ2n) is 13.0. The van der Waals surface area contributed by atoms with Crippen LogP contribution in [-0.2, 0) is 10.3 Å². The highest BCUT2D eigenvalue weighted by Gasteiger charge is 2.30. The van der Waals surface area contributed by atoms with Crippen LogP contribution in [0.2, 0.25) is 0 Å². The van der Waals surface area contributed by atoms with Gasteiger partial charge < -0.3 is 20.4 Å². The number of fused-ring (bicyclic) bond motifs is 1. The molecule has 0 spiro atoms. The number of nitrogens with one attached hydrogen (secondary N) is 2. The van der Waals surface area contributed by atoms with E-state index in [1.807, 2.05) is 39.8 Å². The van der Waals surface area contributed by atoms with Crippen LogP contribution in [0.3, 0.4) is 0 Å². The minimum Gasteiger partial charge on any atom is -0.369 e. The molecule has 1 unspecified atom stereocenters.